The molecule has 0 atom stereocenters. The van der Waals surface area contributed by atoms with E-state index in [9.17, 15) is 0 Å². The quantitative estimate of drug-likeness (QED) is 0.431. The second-order valence-corrected chi connectivity index (χ2v) is 13.5. The highest BCUT2D eigenvalue weighted by atomic mass is 35.5. The summed E-state index contributed by atoms with van der Waals surface area (Å²) >= 11 is 7.50. The number of para-hydroxylation sites is 2. The zero-order chi connectivity index (χ0) is 24.9. The highest BCUT2D eigenvalue weighted by molar-refractivity contribution is 7.22. The maximum atomic E-state index is 7.50. The van der Waals surface area contributed by atoms with Gasteiger partial charge in [-0.1, -0.05) is 36.4 Å². The Labute approximate surface area is 214 Å². The van der Waals surface area contributed by atoms with E-state index in [1.54, 1.807) is 0 Å². The third kappa shape index (κ3) is 4.50. The molecule has 1 radical (unpaired) electrons. The molecule has 2 saturated heterocycles. The molecule has 185 valence electrons. The van der Waals surface area contributed by atoms with Crippen LogP contribution in [0.25, 0.3) is 0 Å². The molecule has 2 aliphatic rings. The van der Waals surface area contributed by atoms with Crippen LogP contribution in [0.5, 0.6) is 0 Å². The lowest BCUT2D eigenvalue weighted by Crippen LogP contribution is -2.62. The number of rotatable bonds is 4. The Balaban J connectivity index is 1.84. The van der Waals surface area contributed by atoms with Crippen molar-refractivity contribution < 1.29 is 0 Å². The fourth-order valence-electron chi connectivity index (χ4n) is 7.28. The lowest BCUT2D eigenvalue weighted by Gasteiger charge is -2.57. The van der Waals surface area contributed by atoms with Crippen molar-refractivity contribution >= 4 is 39.9 Å². The smallest absolute Gasteiger partial charge is 0.0372 e. The van der Waals surface area contributed by atoms with Crippen molar-refractivity contribution in [1.29, 1.82) is 0 Å². The number of halogens is 1. The fraction of sp³-hybridized carbons (Fsp3) is 0.600. The van der Waals surface area contributed by atoms with Crippen LogP contribution >= 0.6 is 11.5 Å². The minimum Gasteiger partial charge on any atom is -0.418 e. The normalized spacial score (nSPS) is 23.2. The largest absolute Gasteiger partial charge is 0.418 e. The topological polar surface area (TPSA) is 6.48 Å². The molecule has 0 aromatic heterocycles. The molecule has 0 unspecified atom stereocenters. The molecule has 0 amide bonds. The summed E-state index contributed by atoms with van der Waals surface area (Å²) < 4.78 is 0. The van der Waals surface area contributed by atoms with Crippen LogP contribution in [0.1, 0.15) is 93.9 Å². The Morgan fingerprint density at radius 3 is 1.18 bits per heavy atom. The second kappa shape index (κ2) is 8.80. The number of nitrogens with zero attached hydrogens (tertiary/aromatic N) is 2. The maximum Gasteiger partial charge on any atom is 0.0372 e. The van der Waals surface area contributed by atoms with Crippen LogP contribution in [0.15, 0.2) is 48.5 Å². The first-order chi connectivity index (χ1) is 15.8. The van der Waals surface area contributed by atoms with Gasteiger partial charge in [0.1, 0.15) is 0 Å². The maximum absolute atomic E-state index is 7.50. The summed E-state index contributed by atoms with van der Waals surface area (Å²) in [5, 5.41) is 0. The lowest BCUT2D eigenvalue weighted by atomic mass is 9.59. The Kier molecular flexibility index (Phi) is 6.60. The Bertz CT molecular complexity index is 912. The third-order valence-electron chi connectivity index (χ3n) is 8.48. The van der Waals surface area contributed by atoms with Gasteiger partial charge in [-0.15, -0.1) is 0 Å². The van der Waals surface area contributed by atoms with Crippen molar-refractivity contribution in [1.82, 2.24) is 0 Å². The van der Waals surface area contributed by atoms with Gasteiger partial charge in [-0.2, -0.15) is 10.9 Å². The van der Waals surface area contributed by atoms with E-state index in [-0.39, 0.29) is 28.3 Å². The molecule has 34 heavy (non-hydrogen) atoms. The van der Waals surface area contributed by atoms with Gasteiger partial charge in [0, 0.05) is 39.7 Å². The van der Waals surface area contributed by atoms with Crippen LogP contribution in [0, 0.1) is 0 Å². The van der Waals surface area contributed by atoms with E-state index in [2.05, 4.69) is 114 Å². The van der Waals surface area contributed by atoms with Crippen molar-refractivity contribution in [3.05, 3.63) is 48.5 Å². The molecule has 4 heteroatoms. The van der Waals surface area contributed by atoms with E-state index in [0.717, 1.165) is 0 Å². The van der Waals surface area contributed by atoms with E-state index in [4.69, 9.17) is 11.5 Å². The molecule has 0 spiro atoms. The van der Waals surface area contributed by atoms with Gasteiger partial charge in [-0.3, -0.25) is 0 Å². The molecule has 0 N–H and O–H groups in total. The molecule has 2 aliphatic heterocycles. The number of hydrogen-bond acceptors (Lipinski definition) is 2. The lowest BCUT2D eigenvalue weighted by molar-refractivity contribution is 0.244. The molecule has 0 saturated carbocycles. The monoisotopic (exact) mass is 478 g/mol. The van der Waals surface area contributed by atoms with Crippen molar-refractivity contribution in [2.75, 3.05) is 9.80 Å². The molecule has 2 nitrogen and oxygen atoms in total. The highest BCUT2D eigenvalue weighted by Crippen LogP contribution is 2.43. The summed E-state index contributed by atoms with van der Waals surface area (Å²) in [4.78, 5) is 5.32. The van der Waals surface area contributed by atoms with Crippen molar-refractivity contribution in [2.45, 2.75) is 116 Å². The molecular formula is C30H44BClN2-. The van der Waals surface area contributed by atoms with Crippen LogP contribution in [0.4, 0.5) is 11.4 Å². The van der Waals surface area contributed by atoms with Gasteiger partial charge in [0.25, 0.3) is 0 Å². The standard InChI is InChI=1S/C30H44BClN2/c1-27(2)19-13-20-28(3,4)33(27)25-17-11-9-15-23(25)31(32)24-16-10-12-18-26(24)34-29(5,6)21-14-22-30(34,7)8/h9-12,15-18H,13-14,19-22H2,1-8H3/q-1. The Morgan fingerprint density at radius 2 is 0.853 bits per heavy atom. The average Bonchev–Trinajstić information content (AvgIpc) is 2.71. The van der Waals surface area contributed by atoms with Crippen LogP contribution in [0.3, 0.4) is 0 Å². The predicted molar refractivity (Wildman–Crippen MR) is 153 cm³/mol. The van der Waals surface area contributed by atoms with Gasteiger partial charge in [0.05, 0.1) is 0 Å². The van der Waals surface area contributed by atoms with E-state index < -0.39 is 0 Å². The number of piperidine rings is 2. The van der Waals surface area contributed by atoms with E-state index >= 15 is 0 Å². The second-order valence-electron chi connectivity index (χ2n) is 13.1. The van der Waals surface area contributed by atoms with Gasteiger partial charge in [0.15, 0.2) is 0 Å². The fourth-order valence-corrected chi connectivity index (χ4v) is 7.64. The van der Waals surface area contributed by atoms with Crippen LogP contribution in [0.2, 0.25) is 0 Å². The van der Waals surface area contributed by atoms with E-state index in [0.29, 0.717) is 0 Å². The average molecular weight is 479 g/mol. The van der Waals surface area contributed by atoms with Crippen LogP contribution in [-0.4, -0.2) is 28.3 Å². The van der Waals surface area contributed by atoms with E-state index in [1.807, 2.05) is 0 Å². The van der Waals surface area contributed by atoms with E-state index in [1.165, 1.54) is 60.8 Å². The zero-order valence-electron chi connectivity index (χ0n) is 22.7. The number of hydrogen-bond donors (Lipinski definition) is 0. The molecule has 2 aromatic rings. The first-order valence-corrected chi connectivity index (χ1v) is 13.6. The summed E-state index contributed by atoms with van der Waals surface area (Å²) in [6, 6.07) is 17.7. The summed E-state index contributed by atoms with van der Waals surface area (Å²) in [5.74, 6) is 0. The molecule has 0 aliphatic carbocycles. The first kappa shape index (κ1) is 25.5. The van der Waals surface area contributed by atoms with Gasteiger partial charge in [-0.05, 0) is 106 Å². The van der Waals surface area contributed by atoms with Crippen molar-refractivity contribution in [3.63, 3.8) is 0 Å². The van der Waals surface area contributed by atoms with Crippen molar-refractivity contribution in [3.8, 4) is 0 Å². The predicted octanol–water partition coefficient (Wildman–Crippen LogP) is 7.13. The number of benzene rings is 2. The Hall–Kier alpha value is -1.61. The van der Waals surface area contributed by atoms with Gasteiger partial charge >= 0.3 is 0 Å². The SMILES string of the molecule is CC1(C)CCCC(C)(C)N1c1ccccc1[B-](Cl)c1ccccc1N1C(C)(C)CCCC1(C)C. The minimum absolute atomic E-state index is 0.0881. The molecule has 0 bridgehead atoms. The molecular weight excluding hydrogens is 435 g/mol. The first-order valence-electron chi connectivity index (χ1n) is 13.2. The summed E-state index contributed by atoms with van der Waals surface area (Å²) in [6.45, 7) is 19.1. The third-order valence-corrected chi connectivity index (χ3v) is 8.95. The molecule has 2 heterocycles. The van der Waals surface area contributed by atoms with Gasteiger partial charge < -0.3 is 21.3 Å². The molecule has 2 aromatic carbocycles. The number of anilines is 2. The van der Waals surface area contributed by atoms with Crippen molar-refractivity contribution in [2.24, 2.45) is 0 Å². The van der Waals surface area contributed by atoms with Crippen LogP contribution < -0.4 is 20.7 Å². The summed E-state index contributed by atoms with van der Waals surface area (Å²) in [7, 11) is 0. The minimum atomic E-state index is -0.213. The Morgan fingerprint density at radius 1 is 0.559 bits per heavy atom. The summed E-state index contributed by atoms with van der Waals surface area (Å²) in [5.41, 5.74) is 5.35. The van der Waals surface area contributed by atoms with Crippen LogP contribution in [-0.2, 0) is 0 Å². The van der Waals surface area contributed by atoms with Gasteiger partial charge in [-0.25, -0.2) is 0 Å². The zero-order valence-corrected chi connectivity index (χ0v) is 23.5. The summed E-state index contributed by atoms with van der Waals surface area (Å²) in [6.07, 6.45) is 7.12. The molecule has 4 rings (SSSR count). The highest BCUT2D eigenvalue weighted by Gasteiger charge is 2.43. The van der Waals surface area contributed by atoms with Gasteiger partial charge in [0.2, 0.25) is 0 Å². The molecule has 2 fully saturated rings.